The molecule has 1 heteroatoms. The molecule has 2 fully saturated rings. The highest BCUT2D eigenvalue weighted by molar-refractivity contribution is 5.30. The van der Waals surface area contributed by atoms with Gasteiger partial charge in [0.1, 0.15) is 0 Å². The van der Waals surface area contributed by atoms with Crippen molar-refractivity contribution in [1.82, 2.24) is 5.32 Å². The van der Waals surface area contributed by atoms with Gasteiger partial charge in [-0.1, -0.05) is 73.5 Å². The molecule has 1 unspecified atom stereocenters. The van der Waals surface area contributed by atoms with Crippen molar-refractivity contribution >= 4 is 0 Å². The minimum absolute atomic E-state index is 0.380. The van der Waals surface area contributed by atoms with Gasteiger partial charge in [0.15, 0.2) is 0 Å². The summed E-state index contributed by atoms with van der Waals surface area (Å²) >= 11 is 0. The molecule has 0 bridgehead atoms. The molecule has 2 aliphatic rings. The second-order valence-electron chi connectivity index (χ2n) is 7.09. The molecule has 0 spiro atoms. The fraction of sp³-hybridized carbons (Fsp3) is 0.429. The van der Waals surface area contributed by atoms with Crippen LogP contribution in [0.15, 0.2) is 60.7 Å². The van der Waals surface area contributed by atoms with Gasteiger partial charge in [-0.15, -0.1) is 0 Å². The molecule has 114 valence electrons. The quantitative estimate of drug-likeness (QED) is 0.846. The van der Waals surface area contributed by atoms with Gasteiger partial charge >= 0.3 is 0 Å². The van der Waals surface area contributed by atoms with Crippen LogP contribution in [0.5, 0.6) is 0 Å². The summed E-state index contributed by atoms with van der Waals surface area (Å²) in [6.45, 7) is 1.14. The van der Waals surface area contributed by atoms with E-state index in [0.29, 0.717) is 11.5 Å². The van der Waals surface area contributed by atoms with E-state index in [9.17, 15) is 0 Å². The van der Waals surface area contributed by atoms with Gasteiger partial charge in [-0.05, 0) is 30.4 Å². The van der Waals surface area contributed by atoms with Crippen LogP contribution < -0.4 is 5.32 Å². The van der Waals surface area contributed by atoms with Gasteiger partial charge in [-0.2, -0.15) is 0 Å². The van der Waals surface area contributed by atoms with E-state index in [1.54, 1.807) is 0 Å². The van der Waals surface area contributed by atoms with Gasteiger partial charge in [-0.3, -0.25) is 0 Å². The van der Waals surface area contributed by atoms with E-state index < -0.39 is 0 Å². The lowest BCUT2D eigenvalue weighted by molar-refractivity contribution is 0.402. The van der Waals surface area contributed by atoms with E-state index in [4.69, 9.17) is 0 Å². The lowest BCUT2D eigenvalue weighted by atomic mass is 9.79. The first-order chi connectivity index (χ1) is 10.9. The molecule has 22 heavy (non-hydrogen) atoms. The predicted octanol–water partition coefficient (Wildman–Crippen LogP) is 4.64. The Labute approximate surface area is 133 Å². The predicted molar refractivity (Wildman–Crippen MR) is 92.2 cm³/mol. The van der Waals surface area contributed by atoms with Gasteiger partial charge in [-0.25, -0.2) is 0 Å². The molecule has 2 aromatic rings. The van der Waals surface area contributed by atoms with Crippen molar-refractivity contribution in [1.29, 1.82) is 0 Å². The van der Waals surface area contributed by atoms with E-state index in [1.165, 1.54) is 43.2 Å². The molecule has 1 N–H and O–H groups in total. The summed E-state index contributed by atoms with van der Waals surface area (Å²) < 4.78 is 0. The zero-order valence-corrected chi connectivity index (χ0v) is 13.2. The van der Waals surface area contributed by atoms with Crippen molar-refractivity contribution in [2.24, 2.45) is 0 Å². The standard InChI is InChI=1S/C21H25N/c1-3-9-17(10-4-1)19-15-20(19)22-16-21(13-7-8-14-21)18-11-5-2-6-12-18/h1-6,9-12,19-20,22H,7-8,13-16H2/t19?,20-/m0/s1. The Morgan fingerprint density at radius 1 is 0.864 bits per heavy atom. The van der Waals surface area contributed by atoms with Crippen LogP contribution in [-0.2, 0) is 5.41 Å². The Balaban J connectivity index is 1.42. The van der Waals surface area contributed by atoms with Gasteiger partial charge in [0.2, 0.25) is 0 Å². The number of hydrogen-bond donors (Lipinski definition) is 1. The normalized spacial score (nSPS) is 26.0. The smallest absolute Gasteiger partial charge is 0.0143 e. The summed E-state index contributed by atoms with van der Waals surface area (Å²) in [5, 5.41) is 3.89. The van der Waals surface area contributed by atoms with Crippen LogP contribution >= 0.6 is 0 Å². The number of benzene rings is 2. The van der Waals surface area contributed by atoms with Crippen molar-refractivity contribution < 1.29 is 0 Å². The highest BCUT2D eigenvalue weighted by atomic mass is 15.0. The molecule has 2 aromatic carbocycles. The molecule has 2 aliphatic carbocycles. The Kier molecular flexibility index (Phi) is 3.75. The lowest BCUT2D eigenvalue weighted by Gasteiger charge is -2.30. The molecule has 2 saturated carbocycles. The Morgan fingerprint density at radius 3 is 2.18 bits per heavy atom. The highest BCUT2D eigenvalue weighted by Gasteiger charge is 2.41. The van der Waals surface area contributed by atoms with Crippen LogP contribution in [0.2, 0.25) is 0 Å². The van der Waals surface area contributed by atoms with E-state index >= 15 is 0 Å². The van der Waals surface area contributed by atoms with Crippen molar-refractivity contribution in [3.8, 4) is 0 Å². The Hall–Kier alpha value is -1.60. The monoisotopic (exact) mass is 291 g/mol. The molecular weight excluding hydrogens is 266 g/mol. The molecule has 0 aromatic heterocycles. The number of rotatable bonds is 5. The summed E-state index contributed by atoms with van der Waals surface area (Å²) in [7, 11) is 0. The summed E-state index contributed by atoms with van der Waals surface area (Å²) in [5.41, 5.74) is 3.42. The molecule has 1 nitrogen and oxygen atoms in total. The van der Waals surface area contributed by atoms with Gasteiger partial charge in [0.05, 0.1) is 0 Å². The van der Waals surface area contributed by atoms with Crippen LogP contribution in [0, 0.1) is 0 Å². The lowest BCUT2D eigenvalue weighted by Crippen LogP contribution is -2.37. The third-order valence-corrected chi connectivity index (χ3v) is 5.67. The van der Waals surface area contributed by atoms with E-state index in [1.807, 2.05) is 0 Å². The minimum Gasteiger partial charge on any atom is -0.312 e. The molecule has 0 amide bonds. The Bertz CT molecular complexity index is 598. The second kappa shape index (κ2) is 5.89. The maximum atomic E-state index is 3.89. The van der Waals surface area contributed by atoms with Crippen molar-refractivity contribution in [3.63, 3.8) is 0 Å². The first-order valence-corrected chi connectivity index (χ1v) is 8.71. The van der Waals surface area contributed by atoms with E-state index in [0.717, 1.165) is 12.5 Å². The Morgan fingerprint density at radius 2 is 1.50 bits per heavy atom. The molecule has 0 heterocycles. The average Bonchev–Trinajstić information content (AvgIpc) is 3.22. The van der Waals surface area contributed by atoms with Gasteiger partial charge < -0.3 is 5.32 Å². The summed E-state index contributed by atoms with van der Waals surface area (Å²) in [5.74, 6) is 0.732. The van der Waals surface area contributed by atoms with E-state index in [-0.39, 0.29) is 0 Å². The maximum absolute atomic E-state index is 3.89. The van der Waals surface area contributed by atoms with Crippen molar-refractivity contribution in [2.45, 2.75) is 49.5 Å². The molecular formula is C21H25N. The van der Waals surface area contributed by atoms with Crippen LogP contribution in [0.3, 0.4) is 0 Å². The topological polar surface area (TPSA) is 12.0 Å². The van der Waals surface area contributed by atoms with Crippen LogP contribution in [0.1, 0.15) is 49.1 Å². The second-order valence-corrected chi connectivity index (χ2v) is 7.09. The third-order valence-electron chi connectivity index (χ3n) is 5.67. The van der Waals surface area contributed by atoms with Crippen LogP contribution in [-0.4, -0.2) is 12.6 Å². The van der Waals surface area contributed by atoms with Crippen LogP contribution in [0.4, 0.5) is 0 Å². The largest absolute Gasteiger partial charge is 0.312 e. The van der Waals surface area contributed by atoms with E-state index in [2.05, 4.69) is 66.0 Å². The SMILES string of the molecule is c1ccc(C2C[C@@H]2NCC2(c3ccccc3)CCCC2)cc1. The summed E-state index contributed by atoms with van der Waals surface area (Å²) in [4.78, 5) is 0. The van der Waals surface area contributed by atoms with Crippen molar-refractivity contribution in [2.75, 3.05) is 6.54 Å². The first kappa shape index (κ1) is 14.0. The molecule has 0 radical (unpaired) electrons. The average molecular weight is 291 g/mol. The zero-order valence-electron chi connectivity index (χ0n) is 13.2. The summed E-state index contributed by atoms with van der Waals surface area (Å²) in [6.07, 6.45) is 6.74. The fourth-order valence-electron chi connectivity index (χ4n) is 4.23. The molecule has 0 saturated heterocycles. The zero-order chi connectivity index (χ0) is 14.8. The number of hydrogen-bond acceptors (Lipinski definition) is 1. The molecule has 2 atom stereocenters. The number of nitrogens with one attached hydrogen (secondary N) is 1. The van der Waals surface area contributed by atoms with Crippen molar-refractivity contribution in [3.05, 3.63) is 71.8 Å². The highest BCUT2D eigenvalue weighted by Crippen LogP contribution is 2.44. The molecule has 0 aliphatic heterocycles. The van der Waals surface area contributed by atoms with Crippen LogP contribution in [0.25, 0.3) is 0 Å². The first-order valence-electron chi connectivity index (χ1n) is 8.71. The fourth-order valence-corrected chi connectivity index (χ4v) is 4.23. The minimum atomic E-state index is 0.380. The summed E-state index contributed by atoms with van der Waals surface area (Å²) in [6, 6.07) is 22.8. The third kappa shape index (κ3) is 2.70. The van der Waals surface area contributed by atoms with Gasteiger partial charge in [0.25, 0.3) is 0 Å². The maximum Gasteiger partial charge on any atom is 0.0143 e. The van der Waals surface area contributed by atoms with Gasteiger partial charge in [0, 0.05) is 23.9 Å². The molecule has 4 rings (SSSR count).